The molecule has 0 aliphatic heterocycles. The average Bonchev–Trinajstić information content (AvgIpc) is 2.81. The molecule has 0 spiro atoms. The van der Waals surface area contributed by atoms with Gasteiger partial charge in [-0.05, 0) is 12.1 Å². The van der Waals surface area contributed by atoms with Crippen molar-refractivity contribution in [3.63, 3.8) is 0 Å². The zero-order chi connectivity index (χ0) is 11.5. The van der Waals surface area contributed by atoms with Crippen LogP contribution in [0.3, 0.4) is 0 Å². The first kappa shape index (κ1) is 10.1. The number of aromatic amines is 1. The molecule has 0 aliphatic rings. The van der Waals surface area contributed by atoms with Gasteiger partial charge in [0, 0.05) is 13.2 Å². The summed E-state index contributed by atoms with van der Waals surface area (Å²) in [6, 6.07) is 3.47. The molecule has 0 amide bonds. The first-order valence-corrected chi connectivity index (χ1v) is 4.55. The Hall–Kier alpha value is -2.44. The smallest absolute Gasteiger partial charge is 0.315 e. The number of nitro groups is 1. The summed E-state index contributed by atoms with van der Waals surface area (Å²) < 4.78 is 0. The van der Waals surface area contributed by atoms with Crippen LogP contribution in [-0.2, 0) is 0 Å². The quantitative estimate of drug-likeness (QED) is 0.601. The maximum Gasteiger partial charge on any atom is 0.315 e. The van der Waals surface area contributed by atoms with E-state index in [4.69, 9.17) is 0 Å². The van der Waals surface area contributed by atoms with E-state index in [1.54, 1.807) is 25.4 Å². The lowest BCUT2D eigenvalue weighted by molar-refractivity contribution is -0.384. The molecule has 0 fully saturated rings. The van der Waals surface area contributed by atoms with Crippen molar-refractivity contribution in [2.45, 2.75) is 0 Å². The number of aromatic nitrogens is 3. The molecule has 0 aromatic carbocycles. The zero-order valence-corrected chi connectivity index (χ0v) is 8.47. The van der Waals surface area contributed by atoms with Gasteiger partial charge < -0.3 is 10.3 Å². The van der Waals surface area contributed by atoms with Crippen molar-refractivity contribution in [2.24, 2.45) is 0 Å². The van der Waals surface area contributed by atoms with E-state index in [0.717, 1.165) is 0 Å². The van der Waals surface area contributed by atoms with Crippen LogP contribution in [0, 0.1) is 10.1 Å². The van der Waals surface area contributed by atoms with E-state index in [0.29, 0.717) is 11.6 Å². The van der Waals surface area contributed by atoms with Crippen LogP contribution < -0.4 is 5.32 Å². The predicted octanol–water partition coefficient (Wildman–Crippen LogP) is 1.42. The third-order valence-electron chi connectivity index (χ3n) is 2.04. The molecule has 0 bridgehead atoms. The van der Waals surface area contributed by atoms with E-state index in [-0.39, 0.29) is 11.4 Å². The van der Waals surface area contributed by atoms with Crippen molar-refractivity contribution in [1.82, 2.24) is 15.0 Å². The highest BCUT2D eigenvalue weighted by Crippen LogP contribution is 2.26. The number of anilines is 1. The normalized spacial score (nSPS) is 10.1. The van der Waals surface area contributed by atoms with Crippen LogP contribution in [0.2, 0.25) is 0 Å². The predicted molar refractivity (Wildman–Crippen MR) is 58.0 cm³/mol. The minimum atomic E-state index is -0.504. The van der Waals surface area contributed by atoms with Gasteiger partial charge in [-0.15, -0.1) is 0 Å². The van der Waals surface area contributed by atoms with Crippen LogP contribution in [0.1, 0.15) is 0 Å². The monoisotopic (exact) mass is 219 g/mol. The van der Waals surface area contributed by atoms with Gasteiger partial charge in [0.05, 0.1) is 10.6 Å². The molecule has 2 aromatic rings. The highest BCUT2D eigenvalue weighted by atomic mass is 16.6. The topological polar surface area (TPSA) is 96.7 Å². The molecule has 2 rings (SSSR count). The first-order chi connectivity index (χ1) is 7.72. The van der Waals surface area contributed by atoms with Crippen molar-refractivity contribution in [2.75, 3.05) is 12.4 Å². The van der Waals surface area contributed by atoms with Crippen LogP contribution in [0.15, 0.2) is 24.5 Å². The lowest BCUT2D eigenvalue weighted by atomic mass is 10.2. The highest BCUT2D eigenvalue weighted by molar-refractivity contribution is 5.66. The molecular formula is C9H9N5O2. The second-order valence-corrected chi connectivity index (χ2v) is 3.02. The second kappa shape index (κ2) is 3.97. The van der Waals surface area contributed by atoms with E-state index >= 15 is 0 Å². The number of nitrogens with one attached hydrogen (secondary N) is 2. The van der Waals surface area contributed by atoms with E-state index in [1.165, 1.54) is 6.20 Å². The van der Waals surface area contributed by atoms with Gasteiger partial charge in [-0.3, -0.25) is 10.1 Å². The molecule has 0 radical (unpaired) electrons. The average molecular weight is 219 g/mol. The first-order valence-electron chi connectivity index (χ1n) is 4.55. The number of nitrogens with zero attached hydrogens (tertiary/aromatic N) is 3. The second-order valence-electron chi connectivity index (χ2n) is 3.02. The van der Waals surface area contributed by atoms with Gasteiger partial charge in [-0.1, -0.05) is 0 Å². The summed E-state index contributed by atoms with van der Waals surface area (Å²) in [5.74, 6) is 0.343. The van der Waals surface area contributed by atoms with Gasteiger partial charge in [0.2, 0.25) is 5.95 Å². The summed E-state index contributed by atoms with van der Waals surface area (Å²) in [5.41, 5.74) is 0.737. The lowest BCUT2D eigenvalue weighted by Crippen LogP contribution is -2.01. The minimum absolute atomic E-state index is 0.124. The number of hydrogen-bond acceptors (Lipinski definition) is 5. The summed E-state index contributed by atoms with van der Waals surface area (Å²) in [5, 5.41) is 13.5. The minimum Gasteiger partial charge on any atom is -0.360 e. The van der Waals surface area contributed by atoms with E-state index in [1.807, 2.05) is 0 Å². The van der Waals surface area contributed by atoms with E-state index in [9.17, 15) is 10.1 Å². The molecule has 82 valence electrons. The molecule has 0 saturated heterocycles. The standard InChI is InChI=1S/C9H9N5O2/c1-10-9-12-5-7(14(15)16)8(13-9)6-3-2-4-11-6/h2-5,11H,1H3,(H,10,12,13). The number of H-pyrrole nitrogens is 1. The van der Waals surface area contributed by atoms with Crippen LogP contribution in [0.4, 0.5) is 11.6 Å². The summed E-state index contributed by atoms with van der Waals surface area (Å²) >= 11 is 0. The Balaban J connectivity index is 2.59. The van der Waals surface area contributed by atoms with Crippen molar-refractivity contribution in [3.05, 3.63) is 34.6 Å². The van der Waals surface area contributed by atoms with Crippen LogP contribution >= 0.6 is 0 Å². The fourth-order valence-electron chi connectivity index (χ4n) is 1.31. The van der Waals surface area contributed by atoms with Gasteiger partial charge >= 0.3 is 5.69 Å². The Labute approximate surface area is 90.7 Å². The molecule has 16 heavy (non-hydrogen) atoms. The van der Waals surface area contributed by atoms with Crippen molar-refractivity contribution < 1.29 is 4.92 Å². The van der Waals surface area contributed by atoms with Gasteiger partial charge in [0.15, 0.2) is 5.69 Å². The fourth-order valence-corrected chi connectivity index (χ4v) is 1.31. The molecule has 0 aliphatic carbocycles. The Kier molecular flexibility index (Phi) is 2.50. The number of hydrogen-bond donors (Lipinski definition) is 2. The van der Waals surface area contributed by atoms with Crippen LogP contribution in [-0.4, -0.2) is 26.9 Å². The Bertz CT molecular complexity index is 509. The van der Waals surface area contributed by atoms with Gasteiger partial charge in [0.25, 0.3) is 0 Å². The third kappa shape index (κ3) is 1.70. The van der Waals surface area contributed by atoms with Gasteiger partial charge in [-0.25, -0.2) is 9.97 Å². The molecule has 2 aromatic heterocycles. The molecule has 0 atom stereocenters. The summed E-state index contributed by atoms with van der Waals surface area (Å²) in [6.45, 7) is 0. The SMILES string of the molecule is CNc1ncc([N+](=O)[O-])c(-c2ccc[nH]2)n1. The van der Waals surface area contributed by atoms with Gasteiger partial charge in [0.1, 0.15) is 6.20 Å². The summed E-state index contributed by atoms with van der Waals surface area (Å²) in [7, 11) is 1.65. The molecule has 0 saturated carbocycles. The lowest BCUT2D eigenvalue weighted by Gasteiger charge is -2.02. The Morgan fingerprint density at radius 3 is 2.94 bits per heavy atom. The molecule has 7 heteroatoms. The molecular weight excluding hydrogens is 210 g/mol. The summed E-state index contributed by atoms with van der Waals surface area (Å²) in [4.78, 5) is 21.1. The van der Waals surface area contributed by atoms with Crippen LogP contribution in [0.25, 0.3) is 11.4 Å². The maximum atomic E-state index is 10.8. The van der Waals surface area contributed by atoms with E-state index < -0.39 is 4.92 Å². The zero-order valence-electron chi connectivity index (χ0n) is 8.47. The third-order valence-corrected chi connectivity index (χ3v) is 2.04. The molecule has 0 unspecified atom stereocenters. The van der Waals surface area contributed by atoms with Crippen molar-refractivity contribution >= 4 is 11.6 Å². The summed E-state index contributed by atoms with van der Waals surface area (Å²) in [6.07, 6.45) is 2.87. The van der Waals surface area contributed by atoms with Crippen molar-refractivity contribution in [3.8, 4) is 11.4 Å². The number of rotatable bonds is 3. The van der Waals surface area contributed by atoms with Crippen LogP contribution in [0.5, 0.6) is 0 Å². The fraction of sp³-hybridized carbons (Fsp3) is 0.111. The molecule has 7 nitrogen and oxygen atoms in total. The van der Waals surface area contributed by atoms with E-state index in [2.05, 4.69) is 20.3 Å². The van der Waals surface area contributed by atoms with Gasteiger partial charge in [-0.2, -0.15) is 0 Å². The molecule has 2 N–H and O–H groups in total. The largest absolute Gasteiger partial charge is 0.360 e. The van der Waals surface area contributed by atoms with Crippen molar-refractivity contribution in [1.29, 1.82) is 0 Å². The molecule has 2 heterocycles. The maximum absolute atomic E-state index is 10.8. The Morgan fingerprint density at radius 2 is 2.38 bits per heavy atom. The highest BCUT2D eigenvalue weighted by Gasteiger charge is 2.18. The Morgan fingerprint density at radius 1 is 1.56 bits per heavy atom.